The summed E-state index contributed by atoms with van der Waals surface area (Å²) in [5.74, 6) is 0. The summed E-state index contributed by atoms with van der Waals surface area (Å²) in [6, 6.07) is 6.32. The molecule has 0 bridgehead atoms. The minimum atomic E-state index is 0.635. The molecule has 0 aliphatic carbocycles. The summed E-state index contributed by atoms with van der Waals surface area (Å²) in [7, 11) is 0. The topological polar surface area (TPSA) is 38.0 Å². The first kappa shape index (κ1) is 6.68. The van der Waals surface area contributed by atoms with E-state index >= 15 is 0 Å². The number of para-hydroxylation sites is 1. The monoisotopic (exact) mass is 148 g/mol. The fourth-order valence-corrected chi connectivity index (χ4v) is 1.58. The second-order valence-corrected chi connectivity index (χ2v) is 2.83. The van der Waals surface area contributed by atoms with Crippen LogP contribution in [-0.4, -0.2) is 6.54 Å². The van der Waals surface area contributed by atoms with Crippen LogP contribution in [0.5, 0.6) is 0 Å². The number of nitrogens with two attached hydrogens (primary N) is 1. The quantitative estimate of drug-likeness (QED) is 0.626. The molecule has 2 rings (SSSR count). The first-order chi connectivity index (χ1) is 5.42. The van der Waals surface area contributed by atoms with Crippen molar-refractivity contribution in [1.82, 2.24) is 0 Å². The Hall–Kier alpha value is -1.02. The number of hydrogen-bond acceptors (Lipinski definition) is 2. The Kier molecular flexibility index (Phi) is 1.55. The minimum Gasteiger partial charge on any atom is -0.384 e. The van der Waals surface area contributed by atoms with E-state index in [1.807, 2.05) is 0 Å². The van der Waals surface area contributed by atoms with E-state index in [1.54, 1.807) is 0 Å². The molecule has 1 aliphatic rings. The zero-order valence-corrected chi connectivity index (χ0v) is 6.43. The molecule has 2 nitrogen and oxygen atoms in total. The Labute approximate surface area is 66.4 Å². The average molecular weight is 148 g/mol. The van der Waals surface area contributed by atoms with E-state index in [-0.39, 0.29) is 0 Å². The highest BCUT2D eigenvalue weighted by molar-refractivity contribution is 5.60. The number of anilines is 1. The van der Waals surface area contributed by atoms with Crippen molar-refractivity contribution in [1.29, 1.82) is 0 Å². The molecule has 0 aromatic heterocycles. The molecule has 1 aliphatic heterocycles. The van der Waals surface area contributed by atoms with Gasteiger partial charge < -0.3 is 11.1 Å². The van der Waals surface area contributed by atoms with E-state index in [4.69, 9.17) is 5.73 Å². The van der Waals surface area contributed by atoms with Crippen LogP contribution in [0.1, 0.15) is 11.1 Å². The third kappa shape index (κ3) is 0.994. The molecule has 3 N–H and O–H groups in total. The number of fused-ring (bicyclic) bond motifs is 1. The molecule has 1 aromatic carbocycles. The SMILES string of the molecule is NCc1cccc2c1NCC2. The minimum absolute atomic E-state index is 0.635. The van der Waals surface area contributed by atoms with Gasteiger partial charge in [-0.05, 0) is 17.5 Å². The largest absolute Gasteiger partial charge is 0.384 e. The molecule has 0 amide bonds. The molecule has 0 spiro atoms. The average Bonchev–Trinajstić information content (AvgIpc) is 2.50. The fraction of sp³-hybridized carbons (Fsp3) is 0.333. The van der Waals surface area contributed by atoms with Crippen LogP contribution in [0.2, 0.25) is 0 Å². The van der Waals surface area contributed by atoms with Crippen LogP contribution in [0.25, 0.3) is 0 Å². The maximum absolute atomic E-state index is 5.58. The lowest BCUT2D eigenvalue weighted by molar-refractivity contribution is 1.07. The van der Waals surface area contributed by atoms with Gasteiger partial charge in [0.05, 0.1) is 0 Å². The predicted octanol–water partition coefficient (Wildman–Crippen LogP) is 1.11. The van der Waals surface area contributed by atoms with Gasteiger partial charge in [-0.3, -0.25) is 0 Å². The molecular formula is C9H12N2. The third-order valence-electron chi connectivity index (χ3n) is 2.15. The molecule has 0 saturated carbocycles. The molecular weight excluding hydrogens is 136 g/mol. The molecule has 0 unspecified atom stereocenters. The fourth-order valence-electron chi connectivity index (χ4n) is 1.58. The van der Waals surface area contributed by atoms with Gasteiger partial charge in [0.25, 0.3) is 0 Å². The molecule has 58 valence electrons. The second kappa shape index (κ2) is 2.55. The van der Waals surface area contributed by atoms with E-state index in [0.717, 1.165) is 13.0 Å². The maximum atomic E-state index is 5.58. The molecule has 2 heteroatoms. The van der Waals surface area contributed by atoms with Crippen molar-refractivity contribution < 1.29 is 0 Å². The van der Waals surface area contributed by atoms with Gasteiger partial charge in [0, 0.05) is 18.8 Å². The van der Waals surface area contributed by atoms with Crippen LogP contribution < -0.4 is 11.1 Å². The Balaban J connectivity index is 2.50. The summed E-state index contributed by atoms with van der Waals surface area (Å²) in [6.45, 7) is 1.70. The standard InChI is InChI=1S/C9H12N2/c10-6-8-3-1-2-7-4-5-11-9(7)8/h1-3,11H,4-6,10H2. The molecule has 0 atom stereocenters. The van der Waals surface area contributed by atoms with Crippen LogP contribution in [0.15, 0.2) is 18.2 Å². The van der Waals surface area contributed by atoms with Crippen molar-refractivity contribution >= 4 is 5.69 Å². The van der Waals surface area contributed by atoms with Gasteiger partial charge in [-0.2, -0.15) is 0 Å². The van der Waals surface area contributed by atoms with Gasteiger partial charge >= 0.3 is 0 Å². The van der Waals surface area contributed by atoms with E-state index in [2.05, 4.69) is 23.5 Å². The van der Waals surface area contributed by atoms with Gasteiger partial charge in [0.15, 0.2) is 0 Å². The van der Waals surface area contributed by atoms with Gasteiger partial charge in [-0.25, -0.2) is 0 Å². The van der Waals surface area contributed by atoms with Crippen molar-refractivity contribution in [3.8, 4) is 0 Å². The normalized spacial score (nSPS) is 14.3. The van der Waals surface area contributed by atoms with Crippen LogP contribution in [-0.2, 0) is 13.0 Å². The molecule has 0 saturated heterocycles. The van der Waals surface area contributed by atoms with Crippen molar-refractivity contribution in [3.63, 3.8) is 0 Å². The van der Waals surface area contributed by atoms with Crippen molar-refractivity contribution in [2.45, 2.75) is 13.0 Å². The lowest BCUT2D eigenvalue weighted by atomic mass is 10.1. The van der Waals surface area contributed by atoms with Crippen LogP contribution in [0.3, 0.4) is 0 Å². The first-order valence-electron chi connectivity index (χ1n) is 3.96. The number of nitrogens with one attached hydrogen (secondary N) is 1. The van der Waals surface area contributed by atoms with Gasteiger partial charge in [-0.15, -0.1) is 0 Å². The van der Waals surface area contributed by atoms with Crippen LogP contribution in [0, 0.1) is 0 Å². The predicted molar refractivity (Wildman–Crippen MR) is 46.5 cm³/mol. The summed E-state index contributed by atoms with van der Waals surface area (Å²) >= 11 is 0. The van der Waals surface area contributed by atoms with Gasteiger partial charge in [0.2, 0.25) is 0 Å². The number of rotatable bonds is 1. The summed E-state index contributed by atoms with van der Waals surface area (Å²) in [6.07, 6.45) is 1.14. The Morgan fingerprint density at radius 2 is 2.36 bits per heavy atom. The van der Waals surface area contributed by atoms with Gasteiger partial charge in [-0.1, -0.05) is 18.2 Å². The Bertz CT molecular complexity index is 268. The Morgan fingerprint density at radius 1 is 1.45 bits per heavy atom. The summed E-state index contributed by atoms with van der Waals surface area (Å²) in [4.78, 5) is 0. The van der Waals surface area contributed by atoms with E-state index in [0.29, 0.717) is 6.54 Å². The lowest BCUT2D eigenvalue weighted by Crippen LogP contribution is -2.01. The van der Waals surface area contributed by atoms with E-state index in [9.17, 15) is 0 Å². The molecule has 11 heavy (non-hydrogen) atoms. The summed E-state index contributed by atoms with van der Waals surface area (Å²) in [5.41, 5.74) is 9.50. The van der Waals surface area contributed by atoms with Crippen molar-refractivity contribution in [2.24, 2.45) is 5.73 Å². The third-order valence-corrected chi connectivity index (χ3v) is 2.15. The van der Waals surface area contributed by atoms with Gasteiger partial charge in [0.1, 0.15) is 0 Å². The highest BCUT2D eigenvalue weighted by atomic mass is 14.9. The molecule has 0 radical (unpaired) electrons. The summed E-state index contributed by atoms with van der Waals surface area (Å²) < 4.78 is 0. The number of benzene rings is 1. The zero-order valence-electron chi connectivity index (χ0n) is 6.43. The van der Waals surface area contributed by atoms with Crippen molar-refractivity contribution in [3.05, 3.63) is 29.3 Å². The van der Waals surface area contributed by atoms with Crippen LogP contribution >= 0.6 is 0 Å². The lowest BCUT2D eigenvalue weighted by Gasteiger charge is -2.04. The van der Waals surface area contributed by atoms with Crippen LogP contribution in [0.4, 0.5) is 5.69 Å². The van der Waals surface area contributed by atoms with E-state index in [1.165, 1.54) is 16.8 Å². The molecule has 1 aromatic rings. The first-order valence-corrected chi connectivity index (χ1v) is 3.96. The Morgan fingerprint density at radius 3 is 3.18 bits per heavy atom. The zero-order chi connectivity index (χ0) is 7.68. The highest BCUT2D eigenvalue weighted by Gasteiger charge is 2.11. The second-order valence-electron chi connectivity index (χ2n) is 2.83. The smallest absolute Gasteiger partial charge is 0.0419 e. The highest BCUT2D eigenvalue weighted by Crippen LogP contribution is 2.25. The van der Waals surface area contributed by atoms with Crippen molar-refractivity contribution in [2.75, 3.05) is 11.9 Å². The molecule has 1 heterocycles. The summed E-state index contributed by atoms with van der Waals surface area (Å²) in [5, 5.41) is 3.34. The maximum Gasteiger partial charge on any atom is 0.0419 e. The molecule has 0 fully saturated rings. The van der Waals surface area contributed by atoms with E-state index < -0.39 is 0 Å². The number of hydrogen-bond donors (Lipinski definition) is 2.